The molecule has 1 fully saturated rings. The number of hydrogen-bond donors (Lipinski definition) is 0. The Bertz CT molecular complexity index is 550. The molecule has 0 saturated carbocycles. The molecule has 0 aromatic heterocycles. The van der Waals surface area contributed by atoms with E-state index in [1.165, 1.54) is 4.90 Å². The summed E-state index contributed by atoms with van der Waals surface area (Å²) in [7, 11) is -0.856. The maximum Gasteiger partial charge on any atom is 0.415 e. The minimum absolute atomic E-state index is 0.205. The largest absolute Gasteiger partial charge is 0.423 e. The Morgan fingerprint density at radius 2 is 1.71 bits per heavy atom. The van der Waals surface area contributed by atoms with Gasteiger partial charge in [-0.05, 0) is 12.1 Å². The molecule has 1 heterocycles. The first-order valence-electron chi connectivity index (χ1n) is 6.71. The second-order valence-electron chi connectivity index (χ2n) is 4.48. The van der Waals surface area contributed by atoms with Crippen LogP contribution in [0.3, 0.4) is 0 Å². The van der Waals surface area contributed by atoms with Crippen LogP contribution < -0.4 is 9.47 Å². The van der Waals surface area contributed by atoms with Crippen LogP contribution in [0.5, 0.6) is 11.5 Å². The summed E-state index contributed by atoms with van der Waals surface area (Å²) >= 11 is 0. The Morgan fingerprint density at radius 1 is 1.14 bits per heavy atom. The SMILES string of the molecule is CCC(=O)Oc1ccccc1OC(=O)N1CCS(=O)CC1. The highest BCUT2D eigenvalue weighted by Crippen LogP contribution is 2.27. The van der Waals surface area contributed by atoms with Crippen LogP contribution in [0.2, 0.25) is 0 Å². The molecule has 1 saturated heterocycles. The van der Waals surface area contributed by atoms with Gasteiger partial charge >= 0.3 is 12.1 Å². The van der Waals surface area contributed by atoms with Gasteiger partial charge in [-0.15, -0.1) is 0 Å². The zero-order valence-electron chi connectivity index (χ0n) is 11.7. The van der Waals surface area contributed by atoms with E-state index >= 15 is 0 Å². The van der Waals surface area contributed by atoms with Crippen LogP contribution in [-0.2, 0) is 15.6 Å². The van der Waals surface area contributed by atoms with Gasteiger partial charge in [0.1, 0.15) is 0 Å². The summed E-state index contributed by atoms with van der Waals surface area (Å²) in [4.78, 5) is 24.9. The van der Waals surface area contributed by atoms with Gasteiger partial charge in [0.15, 0.2) is 11.5 Å². The number of para-hydroxylation sites is 2. The summed E-state index contributed by atoms with van der Waals surface area (Å²) in [5.41, 5.74) is 0. The van der Waals surface area contributed by atoms with E-state index in [2.05, 4.69) is 0 Å². The molecule has 7 heteroatoms. The summed E-state index contributed by atoms with van der Waals surface area (Å²) in [6.07, 6.45) is -0.285. The lowest BCUT2D eigenvalue weighted by atomic mass is 10.3. The molecule has 1 aromatic rings. The predicted molar refractivity (Wildman–Crippen MR) is 77.8 cm³/mol. The molecule has 0 radical (unpaired) electrons. The van der Waals surface area contributed by atoms with Crippen LogP contribution in [0.4, 0.5) is 4.79 Å². The van der Waals surface area contributed by atoms with Gasteiger partial charge in [-0.3, -0.25) is 9.00 Å². The minimum atomic E-state index is -0.856. The van der Waals surface area contributed by atoms with E-state index in [0.717, 1.165) is 0 Å². The van der Waals surface area contributed by atoms with Crippen LogP contribution in [0.15, 0.2) is 24.3 Å². The lowest BCUT2D eigenvalue weighted by molar-refractivity contribution is -0.134. The monoisotopic (exact) mass is 311 g/mol. The Kier molecular flexibility index (Phi) is 5.32. The van der Waals surface area contributed by atoms with Crippen molar-refractivity contribution >= 4 is 22.9 Å². The van der Waals surface area contributed by atoms with E-state index in [9.17, 15) is 13.8 Å². The number of esters is 1. The Labute approximate surface area is 125 Å². The van der Waals surface area contributed by atoms with Crippen molar-refractivity contribution in [3.05, 3.63) is 24.3 Å². The number of carbonyl (C=O) groups excluding carboxylic acids is 2. The van der Waals surface area contributed by atoms with Crippen molar-refractivity contribution in [1.29, 1.82) is 0 Å². The standard InChI is InChI=1S/C14H17NO5S/c1-2-13(16)19-11-5-3-4-6-12(11)20-14(17)15-7-9-21(18)10-8-15/h3-6H,2,7-10H2,1H3. The van der Waals surface area contributed by atoms with Crippen molar-refractivity contribution in [2.45, 2.75) is 13.3 Å². The summed E-state index contributed by atoms with van der Waals surface area (Å²) < 4.78 is 21.7. The zero-order valence-corrected chi connectivity index (χ0v) is 12.6. The van der Waals surface area contributed by atoms with Crippen molar-refractivity contribution in [1.82, 2.24) is 4.90 Å². The molecule has 0 spiro atoms. The van der Waals surface area contributed by atoms with Crippen LogP contribution in [0, 0.1) is 0 Å². The highest BCUT2D eigenvalue weighted by atomic mass is 32.2. The second-order valence-corrected chi connectivity index (χ2v) is 6.17. The molecule has 0 bridgehead atoms. The van der Waals surface area contributed by atoms with E-state index in [-0.39, 0.29) is 17.9 Å². The van der Waals surface area contributed by atoms with Gasteiger partial charge in [-0.25, -0.2) is 4.79 Å². The number of benzene rings is 1. The number of carbonyl (C=O) groups is 2. The molecule has 21 heavy (non-hydrogen) atoms. The third kappa shape index (κ3) is 4.29. The molecule has 0 N–H and O–H groups in total. The van der Waals surface area contributed by atoms with Crippen LogP contribution in [0.25, 0.3) is 0 Å². The lowest BCUT2D eigenvalue weighted by Gasteiger charge is -2.25. The van der Waals surface area contributed by atoms with Crippen LogP contribution >= 0.6 is 0 Å². The van der Waals surface area contributed by atoms with E-state index in [1.54, 1.807) is 31.2 Å². The minimum Gasteiger partial charge on any atom is -0.423 e. The van der Waals surface area contributed by atoms with Crippen molar-refractivity contribution < 1.29 is 23.3 Å². The molecule has 0 aliphatic carbocycles. The number of rotatable bonds is 3. The molecular formula is C14H17NO5S. The fourth-order valence-electron chi connectivity index (χ4n) is 1.79. The van der Waals surface area contributed by atoms with Gasteiger partial charge in [-0.2, -0.15) is 0 Å². The van der Waals surface area contributed by atoms with Gasteiger partial charge in [0.05, 0.1) is 0 Å². The zero-order chi connectivity index (χ0) is 15.2. The molecular weight excluding hydrogens is 294 g/mol. The summed E-state index contributed by atoms with van der Waals surface area (Å²) in [5.74, 6) is 0.949. The summed E-state index contributed by atoms with van der Waals surface area (Å²) in [6, 6.07) is 6.52. The number of hydrogen-bond acceptors (Lipinski definition) is 5. The quantitative estimate of drug-likeness (QED) is 0.626. The van der Waals surface area contributed by atoms with E-state index < -0.39 is 22.9 Å². The topological polar surface area (TPSA) is 72.9 Å². The van der Waals surface area contributed by atoms with Crippen molar-refractivity contribution in [2.24, 2.45) is 0 Å². The molecule has 1 amide bonds. The Morgan fingerprint density at radius 3 is 2.29 bits per heavy atom. The molecule has 1 aliphatic rings. The third-order valence-electron chi connectivity index (χ3n) is 2.99. The second kappa shape index (κ2) is 7.21. The number of ether oxygens (including phenoxy) is 2. The highest BCUT2D eigenvalue weighted by molar-refractivity contribution is 7.85. The summed E-state index contributed by atoms with van der Waals surface area (Å²) in [6.45, 7) is 2.50. The molecule has 0 atom stereocenters. The van der Waals surface area contributed by atoms with Gasteiger partial charge in [0, 0.05) is 41.8 Å². The normalized spacial score (nSPS) is 15.6. The van der Waals surface area contributed by atoms with Crippen LogP contribution in [-0.4, -0.2) is 45.8 Å². The molecule has 1 aromatic carbocycles. The molecule has 6 nitrogen and oxygen atoms in total. The maximum atomic E-state index is 12.0. The predicted octanol–water partition coefficient (Wildman–Crippen LogP) is 1.57. The lowest BCUT2D eigenvalue weighted by Crippen LogP contribution is -2.43. The van der Waals surface area contributed by atoms with Crippen molar-refractivity contribution in [2.75, 3.05) is 24.6 Å². The van der Waals surface area contributed by atoms with Crippen LogP contribution in [0.1, 0.15) is 13.3 Å². The molecule has 0 unspecified atom stereocenters. The fourth-order valence-corrected chi connectivity index (χ4v) is 2.84. The first kappa shape index (κ1) is 15.5. The van der Waals surface area contributed by atoms with E-state index in [1.807, 2.05) is 0 Å². The smallest absolute Gasteiger partial charge is 0.415 e. The van der Waals surface area contributed by atoms with Gasteiger partial charge in [-0.1, -0.05) is 19.1 Å². The fraction of sp³-hybridized carbons (Fsp3) is 0.429. The Balaban J connectivity index is 2.03. The number of amides is 1. The van der Waals surface area contributed by atoms with Gasteiger partial charge in [0.25, 0.3) is 0 Å². The summed E-state index contributed by atoms with van der Waals surface area (Å²) in [5, 5.41) is 0. The molecule has 114 valence electrons. The third-order valence-corrected chi connectivity index (χ3v) is 4.27. The molecule has 1 aliphatic heterocycles. The van der Waals surface area contributed by atoms with Crippen molar-refractivity contribution in [3.63, 3.8) is 0 Å². The first-order valence-corrected chi connectivity index (χ1v) is 8.20. The molecule has 2 rings (SSSR count). The average Bonchev–Trinajstić information content (AvgIpc) is 2.49. The van der Waals surface area contributed by atoms with Gasteiger partial charge in [0.2, 0.25) is 0 Å². The maximum absolute atomic E-state index is 12.0. The van der Waals surface area contributed by atoms with E-state index in [4.69, 9.17) is 9.47 Å². The highest BCUT2D eigenvalue weighted by Gasteiger charge is 2.22. The first-order chi connectivity index (χ1) is 10.1. The number of nitrogens with zero attached hydrogens (tertiary/aromatic N) is 1. The Hall–Kier alpha value is -1.89. The van der Waals surface area contributed by atoms with E-state index in [0.29, 0.717) is 24.6 Å². The van der Waals surface area contributed by atoms with Crippen molar-refractivity contribution in [3.8, 4) is 11.5 Å². The van der Waals surface area contributed by atoms with Gasteiger partial charge < -0.3 is 14.4 Å². The average molecular weight is 311 g/mol.